The summed E-state index contributed by atoms with van der Waals surface area (Å²) in [6.07, 6.45) is 4.71. The first-order chi connectivity index (χ1) is 15.2. The zero-order chi connectivity index (χ0) is 21.4. The molecule has 0 saturated carbocycles. The van der Waals surface area contributed by atoms with Crippen LogP contribution in [0.25, 0.3) is 33.4 Å². The Labute approximate surface area is 186 Å². The SMILES string of the molecule is CCCCc1c(C)c(-c2ccccc2)cc2c1Cc1cc(C)c(-c3ccccc3)cc1-2. The molecule has 4 aromatic carbocycles. The smallest absolute Gasteiger partial charge is 0.00105 e. The summed E-state index contributed by atoms with van der Waals surface area (Å²) >= 11 is 0. The summed E-state index contributed by atoms with van der Waals surface area (Å²) in [7, 11) is 0. The molecule has 5 rings (SSSR count). The lowest BCUT2D eigenvalue weighted by molar-refractivity contribution is 0.786. The topological polar surface area (TPSA) is 0 Å². The largest absolute Gasteiger partial charge is 0.0654 e. The van der Waals surface area contributed by atoms with Crippen LogP contribution in [0.1, 0.15) is 47.6 Å². The summed E-state index contributed by atoms with van der Waals surface area (Å²) < 4.78 is 0. The van der Waals surface area contributed by atoms with Crippen LogP contribution in [0.3, 0.4) is 0 Å². The van der Waals surface area contributed by atoms with Crippen LogP contribution in [0, 0.1) is 13.8 Å². The van der Waals surface area contributed by atoms with Gasteiger partial charge in [-0.05, 0) is 106 Å². The molecule has 0 N–H and O–H groups in total. The molecule has 1 aliphatic rings. The average molecular weight is 403 g/mol. The Morgan fingerprint density at radius 2 is 1.29 bits per heavy atom. The molecule has 0 nitrogen and oxygen atoms in total. The highest BCUT2D eigenvalue weighted by Crippen LogP contribution is 2.45. The molecule has 31 heavy (non-hydrogen) atoms. The lowest BCUT2D eigenvalue weighted by Gasteiger charge is -2.18. The Kier molecular flexibility index (Phi) is 5.24. The molecule has 0 radical (unpaired) electrons. The molecule has 0 unspecified atom stereocenters. The lowest BCUT2D eigenvalue weighted by Crippen LogP contribution is -2.00. The zero-order valence-electron chi connectivity index (χ0n) is 18.8. The molecule has 0 fully saturated rings. The van der Waals surface area contributed by atoms with E-state index >= 15 is 0 Å². The van der Waals surface area contributed by atoms with Gasteiger partial charge in [-0.2, -0.15) is 0 Å². The van der Waals surface area contributed by atoms with Crippen LogP contribution in [0.4, 0.5) is 0 Å². The van der Waals surface area contributed by atoms with Crippen molar-refractivity contribution in [3.8, 4) is 33.4 Å². The fourth-order valence-electron chi connectivity index (χ4n) is 5.23. The minimum Gasteiger partial charge on any atom is -0.0654 e. The molecule has 0 heterocycles. The first-order valence-electron chi connectivity index (χ1n) is 11.6. The molecule has 4 aromatic rings. The predicted molar refractivity (Wildman–Crippen MR) is 134 cm³/mol. The third-order valence-electron chi connectivity index (χ3n) is 6.89. The van der Waals surface area contributed by atoms with Crippen molar-refractivity contribution in [2.75, 3.05) is 0 Å². The van der Waals surface area contributed by atoms with Gasteiger partial charge in [0.05, 0.1) is 0 Å². The number of rotatable bonds is 5. The van der Waals surface area contributed by atoms with Gasteiger partial charge in [0.2, 0.25) is 0 Å². The minimum atomic E-state index is 1.07. The van der Waals surface area contributed by atoms with Crippen molar-refractivity contribution in [1.29, 1.82) is 0 Å². The van der Waals surface area contributed by atoms with E-state index < -0.39 is 0 Å². The number of aryl methyl sites for hydroxylation is 1. The van der Waals surface area contributed by atoms with E-state index in [9.17, 15) is 0 Å². The third-order valence-corrected chi connectivity index (χ3v) is 6.89. The van der Waals surface area contributed by atoms with E-state index in [0.717, 1.165) is 6.42 Å². The van der Waals surface area contributed by atoms with E-state index in [0.29, 0.717) is 0 Å². The van der Waals surface area contributed by atoms with Crippen LogP contribution in [0.15, 0.2) is 78.9 Å². The van der Waals surface area contributed by atoms with Crippen LogP contribution in [-0.4, -0.2) is 0 Å². The summed E-state index contributed by atoms with van der Waals surface area (Å²) in [6.45, 7) is 6.88. The highest BCUT2D eigenvalue weighted by Gasteiger charge is 2.25. The van der Waals surface area contributed by atoms with E-state index in [1.54, 1.807) is 11.1 Å². The summed E-state index contributed by atoms with van der Waals surface area (Å²) in [5, 5.41) is 0. The van der Waals surface area contributed by atoms with Crippen LogP contribution >= 0.6 is 0 Å². The standard InChI is InChI=1S/C31H30/c1-4-5-16-26-22(3)28(24-14-10-7-11-15-24)20-31-29-19-27(23-12-8-6-9-13-23)21(2)17-25(29)18-30(26)31/h6-15,17,19-20H,4-5,16,18H2,1-3H3. The number of unbranched alkanes of at least 4 members (excludes halogenated alkanes) is 1. The number of hydrogen-bond acceptors (Lipinski definition) is 0. The molecule has 0 saturated heterocycles. The van der Waals surface area contributed by atoms with Crippen molar-refractivity contribution in [2.24, 2.45) is 0 Å². The number of hydrogen-bond donors (Lipinski definition) is 0. The van der Waals surface area contributed by atoms with E-state index in [4.69, 9.17) is 0 Å². The summed E-state index contributed by atoms with van der Waals surface area (Å²) in [6, 6.07) is 29.1. The van der Waals surface area contributed by atoms with Crippen LogP contribution < -0.4 is 0 Å². The van der Waals surface area contributed by atoms with Gasteiger partial charge in [-0.3, -0.25) is 0 Å². The fourth-order valence-corrected chi connectivity index (χ4v) is 5.23. The highest BCUT2D eigenvalue weighted by atomic mass is 14.3. The Hall–Kier alpha value is -3.12. The Balaban J connectivity index is 1.73. The first kappa shape index (κ1) is 19.8. The second-order valence-corrected chi connectivity index (χ2v) is 8.89. The normalized spacial score (nSPS) is 12.0. The van der Waals surface area contributed by atoms with Gasteiger partial charge in [0.1, 0.15) is 0 Å². The van der Waals surface area contributed by atoms with Gasteiger partial charge in [0.15, 0.2) is 0 Å². The molecule has 0 amide bonds. The van der Waals surface area contributed by atoms with E-state index in [-0.39, 0.29) is 0 Å². The molecule has 0 spiro atoms. The molecule has 154 valence electrons. The van der Waals surface area contributed by atoms with Gasteiger partial charge in [0.25, 0.3) is 0 Å². The summed E-state index contributed by atoms with van der Waals surface area (Å²) in [5.74, 6) is 0. The summed E-state index contributed by atoms with van der Waals surface area (Å²) in [4.78, 5) is 0. The van der Waals surface area contributed by atoms with Gasteiger partial charge in [-0.25, -0.2) is 0 Å². The molecular weight excluding hydrogens is 372 g/mol. The van der Waals surface area contributed by atoms with Crippen molar-refractivity contribution in [3.63, 3.8) is 0 Å². The van der Waals surface area contributed by atoms with Crippen molar-refractivity contribution in [1.82, 2.24) is 0 Å². The molecule has 1 aliphatic carbocycles. The van der Waals surface area contributed by atoms with E-state index in [1.807, 2.05) is 0 Å². The van der Waals surface area contributed by atoms with Gasteiger partial charge in [-0.1, -0.05) is 80.1 Å². The van der Waals surface area contributed by atoms with Crippen LogP contribution in [0.2, 0.25) is 0 Å². The maximum Gasteiger partial charge on any atom is -0.00105 e. The molecular formula is C31H30. The maximum atomic E-state index is 2.46. The molecule has 0 bridgehead atoms. The molecule has 0 aliphatic heterocycles. The van der Waals surface area contributed by atoms with Gasteiger partial charge in [-0.15, -0.1) is 0 Å². The lowest BCUT2D eigenvalue weighted by atomic mass is 9.87. The molecule has 0 aromatic heterocycles. The monoisotopic (exact) mass is 402 g/mol. The second kappa shape index (κ2) is 8.19. The van der Waals surface area contributed by atoms with Gasteiger partial charge < -0.3 is 0 Å². The maximum absolute atomic E-state index is 2.46. The van der Waals surface area contributed by atoms with Gasteiger partial charge in [0, 0.05) is 0 Å². The van der Waals surface area contributed by atoms with Crippen LogP contribution in [-0.2, 0) is 12.8 Å². The highest BCUT2D eigenvalue weighted by molar-refractivity contribution is 5.88. The number of fused-ring (bicyclic) bond motifs is 3. The van der Waals surface area contributed by atoms with Gasteiger partial charge >= 0.3 is 0 Å². The van der Waals surface area contributed by atoms with E-state index in [1.165, 1.54) is 69.3 Å². The minimum absolute atomic E-state index is 1.07. The fraction of sp³-hybridized carbons (Fsp3) is 0.226. The Morgan fingerprint density at radius 1 is 0.677 bits per heavy atom. The Bertz CT molecular complexity index is 1230. The second-order valence-electron chi connectivity index (χ2n) is 8.89. The predicted octanol–water partition coefficient (Wildman–Crippen LogP) is 8.55. The van der Waals surface area contributed by atoms with E-state index in [2.05, 4.69) is 99.6 Å². The first-order valence-corrected chi connectivity index (χ1v) is 11.6. The Morgan fingerprint density at radius 3 is 1.94 bits per heavy atom. The van der Waals surface area contributed by atoms with Crippen molar-refractivity contribution < 1.29 is 0 Å². The van der Waals surface area contributed by atoms with Crippen LogP contribution in [0.5, 0.6) is 0 Å². The van der Waals surface area contributed by atoms with Crippen molar-refractivity contribution in [2.45, 2.75) is 46.5 Å². The zero-order valence-corrected chi connectivity index (χ0v) is 18.8. The van der Waals surface area contributed by atoms with Crippen molar-refractivity contribution in [3.05, 3.63) is 107 Å². The number of benzene rings is 4. The quantitative estimate of drug-likeness (QED) is 0.276. The summed E-state index contributed by atoms with van der Waals surface area (Å²) in [5.41, 5.74) is 15.7. The van der Waals surface area contributed by atoms with Crippen molar-refractivity contribution >= 4 is 0 Å². The average Bonchev–Trinajstić information content (AvgIpc) is 3.15. The molecule has 0 heteroatoms. The third kappa shape index (κ3) is 3.51. The molecule has 0 atom stereocenters.